The summed E-state index contributed by atoms with van der Waals surface area (Å²) < 4.78 is 11.1. The number of hydrogen-bond acceptors (Lipinski definition) is 6. The zero-order valence-electron chi connectivity index (χ0n) is 18.8. The van der Waals surface area contributed by atoms with Gasteiger partial charge in [0.15, 0.2) is 11.6 Å². The zero-order valence-corrected chi connectivity index (χ0v) is 18.8. The van der Waals surface area contributed by atoms with Gasteiger partial charge in [-0.25, -0.2) is 9.97 Å². The largest absolute Gasteiger partial charge is 0.489 e. The first-order chi connectivity index (χ1) is 15.8. The molecule has 4 rings (SSSR count). The van der Waals surface area contributed by atoms with Crippen molar-refractivity contribution in [1.29, 1.82) is 0 Å². The van der Waals surface area contributed by atoms with E-state index < -0.39 is 0 Å². The molecule has 2 fully saturated rings. The predicted octanol–water partition coefficient (Wildman–Crippen LogP) is 3.09. The number of carbonyl (C=O) groups excluding carboxylic acids is 1. The summed E-state index contributed by atoms with van der Waals surface area (Å²) in [5, 5.41) is 3.06. The average molecular weight is 439 g/mol. The number of carbonyl (C=O) groups is 1. The smallest absolute Gasteiger partial charge is 0.224 e. The van der Waals surface area contributed by atoms with E-state index in [0.717, 1.165) is 62.9 Å². The number of benzene rings is 1. The van der Waals surface area contributed by atoms with E-state index in [1.165, 1.54) is 25.7 Å². The Morgan fingerprint density at radius 3 is 2.53 bits per heavy atom. The predicted molar refractivity (Wildman–Crippen MR) is 124 cm³/mol. The molecule has 0 radical (unpaired) electrons. The summed E-state index contributed by atoms with van der Waals surface area (Å²) in [6.07, 6.45) is 10.3. The number of rotatable bonds is 10. The van der Waals surface area contributed by atoms with Crippen molar-refractivity contribution >= 4 is 5.91 Å². The molecule has 1 amide bonds. The molecule has 172 valence electrons. The Kier molecular flexibility index (Phi) is 8.45. The molecule has 1 aromatic heterocycles. The normalized spacial score (nSPS) is 17.4. The maximum absolute atomic E-state index is 12.2. The van der Waals surface area contributed by atoms with Crippen molar-refractivity contribution in [3.05, 3.63) is 42.2 Å². The van der Waals surface area contributed by atoms with Gasteiger partial charge in [-0.05, 0) is 17.9 Å². The third-order valence-corrected chi connectivity index (χ3v) is 6.33. The summed E-state index contributed by atoms with van der Waals surface area (Å²) in [6, 6.07) is 7.88. The van der Waals surface area contributed by atoms with E-state index in [1.807, 2.05) is 24.3 Å². The van der Waals surface area contributed by atoms with Crippen LogP contribution in [0.3, 0.4) is 0 Å². The molecule has 0 bridgehead atoms. The Labute approximate surface area is 190 Å². The first-order valence-corrected chi connectivity index (χ1v) is 11.9. The number of ether oxygens (including phenoxy) is 2. The lowest BCUT2D eigenvalue weighted by atomic mass is 10.0. The average Bonchev–Trinajstić information content (AvgIpc) is 3.34. The van der Waals surface area contributed by atoms with Crippen LogP contribution >= 0.6 is 0 Å². The third kappa shape index (κ3) is 7.00. The Bertz CT molecular complexity index is 829. The summed E-state index contributed by atoms with van der Waals surface area (Å²) in [6.45, 7) is 5.77. The molecule has 1 saturated heterocycles. The standard InChI is InChI=1S/C25H34N4O3/c30-24(26-10-9-20-3-1-2-4-20)17-21-5-7-22(8-6-21)25-27-18-23(19-28-25)32-16-13-29-11-14-31-15-12-29/h5-8,18-20H,1-4,9-17H2,(H,26,30). The Balaban J connectivity index is 1.19. The highest BCUT2D eigenvalue weighted by Crippen LogP contribution is 2.26. The van der Waals surface area contributed by atoms with E-state index in [0.29, 0.717) is 24.6 Å². The molecule has 1 aromatic carbocycles. The monoisotopic (exact) mass is 438 g/mol. The maximum Gasteiger partial charge on any atom is 0.224 e. The summed E-state index contributed by atoms with van der Waals surface area (Å²) >= 11 is 0. The Hall–Kier alpha value is -2.51. The molecule has 2 heterocycles. The maximum atomic E-state index is 12.2. The number of nitrogens with one attached hydrogen (secondary N) is 1. The minimum atomic E-state index is 0.0885. The molecule has 7 nitrogen and oxygen atoms in total. The van der Waals surface area contributed by atoms with Crippen LogP contribution in [0.15, 0.2) is 36.7 Å². The number of aromatic nitrogens is 2. The number of hydrogen-bond donors (Lipinski definition) is 1. The number of morpholine rings is 1. The highest BCUT2D eigenvalue weighted by Gasteiger charge is 2.15. The molecule has 1 aliphatic carbocycles. The van der Waals surface area contributed by atoms with Crippen molar-refractivity contribution in [1.82, 2.24) is 20.2 Å². The van der Waals surface area contributed by atoms with E-state index >= 15 is 0 Å². The minimum Gasteiger partial charge on any atom is -0.489 e. The van der Waals surface area contributed by atoms with Crippen molar-refractivity contribution in [2.75, 3.05) is 46.0 Å². The van der Waals surface area contributed by atoms with Gasteiger partial charge < -0.3 is 14.8 Å². The van der Waals surface area contributed by atoms with Gasteiger partial charge in [-0.15, -0.1) is 0 Å². The van der Waals surface area contributed by atoms with E-state index in [2.05, 4.69) is 20.2 Å². The van der Waals surface area contributed by atoms with Gasteiger partial charge >= 0.3 is 0 Å². The molecule has 0 atom stereocenters. The van der Waals surface area contributed by atoms with Crippen LogP contribution in [0.2, 0.25) is 0 Å². The van der Waals surface area contributed by atoms with Crippen molar-refractivity contribution in [2.24, 2.45) is 5.92 Å². The lowest BCUT2D eigenvalue weighted by Gasteiger charge is -2.26. The van der Waals surface area contributed by atoms with Crippen LogP contribution in [0, 0.1) is 5.92 Å². The molecular formula is C25H34N4O3. The Morgan fingerprint density at radius 1 is 1.09 bits per heavy atom. The Morgan fingerprint density at radius 2 is 1.81 bits per heavy atom. The van der Waals surface area contributed by atoms with Crippen molar-refractivity contribution in [3.8, 4) is 17.1 Å². The molecule has 0 unspecified atom stereocenters. The van der Waals surface area contributed by atoms with E-state index in [1.54, 1.807) is 12.4 Å². The van der Waals surface area contributed by atoms with Crippen LogP contribution in [0.5, 0.6) is 5.75 Å². The van der Waals surface area contributed by atoms with Crippen LogP contribution in [-0.4, -0.2) is 66.8 Å². The van der Waals surface area contributed by atoms with E-state index in [-0.39, 0.29) is 5.91 Å². The third-order valence-electron chi connectivity index (χ3n) is 6.33. The second-order valence-corrected chi connectivity index (χ2v) is 8.71. The fraction of sp³-hybridized carbons (Fsp3) is 0.560. The lowest BCUT2D eigenvalue weighted by Crippen LogP contribution is -2.38. The molecule has 2 aliphatic rings. The van der Waals surface area contributed by atoms with Crippen molar-refractivity contribution < 1.29 is 14.3 Å². The van der Waals surface area contributed by atoms with Crippen LogP contribution in [0.25, 0.3) is 11.4 Å². The van der Waals surface area contributed by atoms with Gasteiger partial charge in [-0.2, -0.15) is 0 Å². The lowest BCUT2D eigenvalue weighted by molar-refractivity contribution is -0.120. The van der Waals surface area contributed by atoms with Gasteiger partial charge in [0.2, 0.25) is 5.91 Å². The zero-order chi connectivity index (χ0) is 22.0. The van der Waals surface area contributed by atoms with E-state index in [4.69, 9.17) is 9.47 Å². The molecule has 7 heteroatoms. The van der Waals surface area contributed by atoms with Crippen LogP contribution in [0.1, 0.15) is 37.7 Å². The SMILES string of the molecule is O=C(Cc1ccc(-c2ncc(OCCN3CCOCC3)cn2)cc1)NCCC1CCCC1. The summed E-state index contributed by atoms with van der Waals surface area (Å²) in [4.78, 5) is 23.4. The second kappa shape index (κ2) is 11.9. The molecule has 1 aliphatic heterocycles. The fourth-order valence-corrected chi connectivity index (χ4v) is 4.39. The van der Waals surface area contributed by atoms with Gasteiger partial charge in [-0.3, -0.25) is 9.69 Å². The van der Waals surface area contributed by atoms with Gasteiger partial charge in [0.25, 0.3) is 0 Å². The van der Waals surface area contributed by atoms with E-state index in [9.17, 15) is 4.79 Å². The molecule has 1 N–H and O–H groups in total. The van der Waals surface area contributed by atoms with Crippen LogP contribution < -0.4 is 10.1 Å². The minimum absolute atomic E-state index is 0.0885. The quantitative estimate of drug-likeness (QED) is 0.614. The van der Waals surface area contributed by atoms with Gasteiger partial charge in [-0.1, -0.05) is 49.9 Å². The molecule has 2 aromatic rings. The van der Waals surface area contributed by atoms with Crippen LogP contribution in [0.4, 0.5) is 0 Å². The second-order valence-electron chi connectivity index (χ2n) is 8.71. The first-order valence-electron chi connectivity index (χ1n) is 11.9. The molecule has 0 spiro atoms. The summed E-state index contributed by atoms with van der Waals surface area (Å²) in [5.74, 6) is 2.22. The molecular weight excluding hydrogens is 404 g/mol. The topological polar surface area (TPSA) is 76.6 Å². The van der Waals surface area contributed by atoms with Crippen molar-refractivity contribution in [3.63, 3.8) is 0 Å². The van der Waals surface area contributed by atoms with Gasteiger partial charge in [0, 0.05) is 31.7 Å². The van der Waals surface area contributed by atoms with Crippen LogP contribution in [-0.2, 0) is 16.0 Å². The van der Waals surface area contributed by atoms with Gasteiger partial charge in [0.1, 0.15) is 6.61 Å². The fourth-order valence-electron chi connectivity index (χ4n) is 4.39. The highest BCUT2D eigenvalue weighted by atomic mass is 16.5. The molecule has 1 saturated carbocycles. The summed E-state index contributed by atoms with van der Waals surface area (Å²) in [5.41, 5.74) is 1.92. The first kappa shape index (κ1) is 22.7. The van der Waals surface area contributed by atoms with Gasteiger partial charge in [0.05, 0.1) is 32.0 Å². The number of amides is 1. The summed E-state index contributed by atoms with van der Waals surface area (Å²) in [7, 11) is 0. The highest BCUT2D eigenvalue weighted by molar-refractivity contribution is 5.78. The number of nitrogens with zero attached hydrogens (tertiary/aromatic N) is 3. The molecule has 32 heavy (non-hydrogen) atoms. The van der Waals surface area contributed by atoms with Crippen molar-refractivity contribution in [2.45, 2.75) is 38.5 Å².